The predicted octanol–water partition coefficient (Wildman–Crippen LogP) is 3.75. The normalized spacial score (nSPS) is 12.2. The second kappa shape index (κ2) is 6.27. The van der Waals surface area contributed by atoms with Crippen molar-refractivity contribution in [3.8, 4) is 5.75 Å². The van der Waals surface area contributed by atoms with Gasteiger partial charge in [0.15, 0.2) is 0 Å². The Balaban J connectivity index is 2.55. The molecule has 0 saturated heterocycles. The topological polar surface area (TPSA) is 55.8 Å². The van der Waals surface area contributed by atoms with Crippen LogP contribution in [0.3, 0.4) is 0 Å². The van der Waals surface area contributed by atoms with Crippen LogP contribution in [0, 0.1) is 0 Å². The molecule has 0 heterocycles. The maximum Gasteiger partial charge on any atom is 0.335 e. The summed E-state index contributed by atoms with van der Waals surface area (Å²) >= 11 is 0. The zero-order valence-electron chi connectivity index (χ0n) is 12.9. The standard InChI is InChI=1S/C16H24O4/c1-15(2,3)19-11-10-16(4,5)20-13-8-6-12(7-9-13)14(17)18/h6-9H,10-11H2,1-5H3,(H,17,18). The van der Waals surface area contributed by atoms with Crippen molar-refractivity contribution in [2.45, 2.75) is 52.2 Å². The minimum Gasteiger partial charge on any atom is -0.488 e. The van der Waals surface area contributed by atoms with E-state index < -0.39 is 5.97 Å². The summed E-state index contributed by atoms with van der Waals surface area (Å²) < 4.78 is 11.6. The molecule has 1 N–H and O–H groups in total. The summed E-state index contributed by atoms with van der Waals surface area (Å²) in [5, 5.41) is 8.84. The molecule has 0 fully saturated rings. The SMILES string of the molecule is CC(C)(C)OCCC(C)(C)Oc1ccc(C(=O)O)cc1. The van der Waals surface area contributed by atoms with Crippen molar-refractivity contribution in [3.05, 3.63) is 29.8 Å². The molecule has 1 rings (SSSR count). The molecule has 0 aliphatic rings. The molecule has 0 radical (unpaired) electrons. The molecule has 0 amide bonds. The van der Waals surface area contributed by atoms with E-state index in [1.54, 1.807) is 24.3 Å². The second-order valence-corrected chi connectivity index (χ2v) is 6.40. The van der Waals surface area contributed by atoms with E-state index in [2.05, 4.69) is 0 Å². The third-order valence-corrected chi connectivity index (χ3v) is 2.73. The van der Waals surface area contributed by atoms with Gasteiger partial charge in [0.25, 0.3) is 0 Å². The van der Waals surface area contributed by atoms with Crippen molar-refractivity contribution in [2.24, 2.45) is 0 Å². The first kappa shape index (κ1) is 16.5. The van der Waals surface area contributed by atoms with Crippen LogP contribution in [0.2, 0.25) is 0 Å². The van der Waals surface area contributed by atoms with E-state index in [-0.39, 0.29) is 16.8 Å². The Morgan fingerprint density at radius 2 is 1.65 bits per heavy atom. The van der Waals surface area contributed by atoms with Gasteiger partial charge in [0.05, 0.1) is 17.8 Å². The smallest absolute Gasteiger partial charge is 0.335 e. The molecule has 0 aromatic heterocycles. The largest absolute Gasteiger partial charge is 0.488 e. The van der Waals surface area contributed by atoms with Gasteiger partial charge in [0.2, 0.25) is 0 Å². The molecule has 0 saturated carbocycles. The van der Waals surface area contributed by atoms with Crippen LogP contribution in [0.15, 0.2) is 24.3 Å². The van der Waals surface area contributed by atoms with Crippen LogP contribution in [-0.2, 0) is 4.74 Å². The summed E-state index contributed by atoms with van der Waals surface area (Å²) in [6.07, 6.45) is 0.755. The lowest BCUT2D eigenvalue weighted by Crippen LogP contribution is -2.32. The summed E-state index contributed by atoms with van der Waals surface area (Å²) in [6.45, 7) is 10.7. The zero-order valence-corrected chi connectivity index (χ0v) is 12.9. The Hall–Kier alpha value is -1.55. The molecule has 112 valence electrons. The average molecular weight is 280 g/mol. The van der Waals surface area contributed by atoms with Crippen molar-refractivity contribution in [2.75, 3.05) is 6.61 Å². The van der Waals surface area contributed by atoms with Crippen molar-refractivity contribution >= 4 is 5.97 Å². The number of rotatable bonds is 6. The Morgan fingerprint density at radius 3 is 2.10 bits per heavy atom. The highest BCUT2D eigenvalue weighted by atomic mass is 16.5. The van der Waals surface area contributed by atoms with E-state index in [9.17, 15) is 4.79 Å². The molecule has 0 aliphatic heterocycles. The van der Waals surface area contributed by atoms with E-state index in [1.807, 2.05) is 34.6 Å². The van der Waals surface area contributed by atoms with Gasteiger partial charge < -0.3 is 14.6 Å². The van der Waals surface area contributed by atoms with Gasteiger partial charge in [-0.2, -0.15) is 0 Å². The predicted molar refractivity (Wildman–Crippen MR) is 78.4 cm³/mol. The molecule has 0 aliphatic carbocycles. The fourth-order valence-electron chi connectivity index (χ4n) is 1.64. The highest BCUT2D eigenvalue weighted by Gasteiger charge is 2.21. The van der Waals surface area contributed by atoms with Crippen LogP contribution in [-0.4, -0.2) is 28.9 Å². The van der Waals surface area contributed by atoms with Crippen LogP contribution in [0.4, 0.5) is 0 Å². The third-order valence-electron chi connectivity index (χ3n) is 2.73. The minimum atomic E-state index is -0.936. The highest BCUT2D eigenvalue weighted by Crippen LogP contribution is 2.22. The van der Waals surface area contributed by atoms with Gasteiger partial charge in [-0.3, -0.25) is 0 Å². The maximum atomic E-state index is 10.8. The lowest BCUT2D eigenvalue weighted by molar-refractivity contribution is -0.0292. The monoisotopic (exact) mass is 280 g/mol. The molecule has 4 nitrogen and oxygen atoms in total. The van der Waals surface area contributed by atoms with E-state index in [4.69, 9.17) is 14.6 Å². The minimum absolute atomic E-state index is 0.154. The van der Waals surface area contributed by atoms with E-state index in [1.165, 1.54) is 0 Å². The molecule has 0 spiro atoms. The van der Waals surface area contributed by atoms with Crippen molar-refractivity contribution < 1.29 is 19.4 Å². The van der Waals surface area contributed by atoms with E-state index in [0.29, 0.717) is 12.4 Å². The first-order chi connectivity index (χ1) is 9.09. The lowest BCUT2D eigenvalue weighted by Gasteiger charge is -2.28. The molecule has 0 unspecified atom stereocenters. The van der Waals surface area contributed by atoms with Gasteiger partial charge in [-0.25, -0.2) is 4.79 Å². The fourth-order valence-corrected chi connectivity index (χ4v) is 1.64. The molecule has 4 heteroatoms. The van der Waals surface area contributed by atoms with Crippen molar-refractivity contribution in [1.29, 1.82) is 0 Å². The Kier molecular flexibility index (Phi) is 5.17. The molecular formula is C16H24O4. The fraction of sp³-hybridized carbons (Fsp3) is 0.562. The molecule has 0 bridgehead atoms. The van der Waals surface area contributed by atoms with Gasteiger partial charge in [0, 0.05) is 6.42 Å². The van der Waals surface area contributed by atoms with Crippen molar-refractivity contribution in [1.82, 2.24) is 0 Å². The molecule has 20 heavy (non-hydrogen) atoms. The zero-order chi connectivity index (χ0) is 15.4. The summed E-state index contributed by atoms with van der Waals surface area (Å²) in [4.78, 5) is 10.8. The first-order valence-corrected chi connectivity index (χ1v) is 6.75. The van der Waals surface area contributed by atoms with Crippen molar-refractivity contribution in [3.63, 3.8) is 0 Å². The highest BCUT2D eigenvalue weighted by molar-refractivity contribution is 5.87. The molecule has 1 aromatic carbocycles. The number of ether oxygens (including phenoxy) is 2. The number of aromatic carboxylic acids is 1. The van der Waals surface area contributed by atoms with Crippen LogP contribution in [0.25, 0.3) is 0 Å². The number of carbonyl (C=O) groups is 1. The second-order valence-electron chi connectivity index (χ2n) is 6.40. The molecular weight excluding hydrogens is 256 g/mol. The maximum absolute atomic E-state index is 10.8. The number of hydrogen-bond donors (Lipinski definition) is 1. The Morgan fingerprint density at radius 1 is 1.10 bits per heavy atom. The Labute approximate surface area is 120 Å². The summed E-state index contributed by atoms with van der Waals surface area (Å²) in [6, 6.07) is 6.43. The summed E-state index contributed by atoms with van der Waals surface area (Å²) in [5.74, 6) is -0.273. The number of carboxylic acids is 1. The van der Waals surface area contributed by atoms with E-state index in [0.717, 1.165) is 6.42 Å². The van der Waals surface area contributed by atoms with Gasteiger partial charge in [-0.15, -0.1) is 0 Å². The lowest BCUT2D eigenvalue weighted by atomic mass is 10.1. The molecule has 0 atom stereocenters. The van der Waals surface area contributed by atoms with Gasteiger partial charge in [-0.1, -0.05) is 0 Å². The molecule has 1 aromatic rings. The number of carboxylic acid groups (broad SMARTS) is 1. The van der Waals surface area contributed by atoms with Crippen LogP contribution in [0.1, 0.15) is 51.4 Å². The quantitative estimate of drug-likeness (QED) is 0.862. The third kappa shape index (κ3) is 6.06. The van der Waals surface area contributed by atoms with Gasteiger partial charge in [-0.05, 0) is 58.9 Å². The van der Waals surface area contributed by atoms with E-state index >= 15 is 0 Å². The summed E-state index contributed by atoms with van der Waals surface area (Å²) in [7, 11) is 0. The Bertz CT molecular complexity index is 441. The average Bonchev–Trinajstić information content (AvgIpc) is 2.26. The summed E-state index contributed by atoms with van der Waals surface area (Å²) in [5.41, 5.74) is -0.263. The number of benzene rings is 1. The van der Waals surface area contributed by atoms with Gasteiger partial charge in [0.1, 0.15) is 11.4 Å². The first-order valence-electron chi connectivity index (χ1n) is 6.75. The van der Waals surface area contributed by atoms with Crippen LogP contribution >= 0.6 is 0 Å². The van der Waals surface area contributed by atoms with Crippen LogP contribution < -0.4 is 4.74 Å². The van der Waals surface area contributed by atoms with Crippen LogP contribution in [0.5, 0.6) is 5.75 Å². The van der Waals surface area contributed by atoms with Gasteiger partial charge >= 0.3 is 5.97 Å². The number of hydrogen-bond acceptors (Lipinski definition) is 3.